The largest absolute Gasteiger partial charge is 0.357 e. The molecule has 1 aromatic heterocycles. The number of hydrogen-bond acceptors (Lipinski definition) is 2. The highest BCUT2D eigenvalue weighted by Gasteiger charge is 2.02. The number of rotatable bonds is 2. The first-order valence-corrected chi connectivity index (χ1v) is 7.20. The molecule has 3 aromatic rings. The molecule has 1 heterocycles. The summed E-state index contributed by atoms with van der Waals surface area (Å²) >= 11 is 5.47. The molecular formula is C18H13ClN2O. The average Bonchev–Trinajstić information content (AvgIpc) is 2.54. The van der Waals surface area contributed by atoms with Gasteiger partial charge in [0.1, 0.15) is 0 Å². The molecule has 0 saturated heterocycles. The summed E-state index contributed by atoms with van der Waals surface area (Å²) in [6, 6.07) is 16.9. The summed E-state index contributed by atoms with van der Waals surface area (Å²) in [6.07, 6.45) is 0. The molecule has 0 aliphatic rings. The number of nitrogens with one attached hydrogen (secondary N) is 2. The zero-order valence-corrected chi connectivity index (χ0v) is 12.4. The number of halogens is 1. The summed E-state index contributed by atoms with van der Waals surface area (Å²) in [6.45, 7) is 0.405. The second-order valence-electron chi connectivity index (χ2n) is 4.85. The van der Waals surface area contributed by atoms with Crippen LogP contribution in [-0.4, -0.2) is 4.98 Å². The highest BCUT2D eigenvalue weighted by molar-refractivity contribution is 6.13. The second kappa shape index (κ2) is 6.48. The standard InChI is InChI=1S/C18H13ClN2O/c19-20-12-15-11-18(22)16-10-14(8-9-17(16)21-15)7-6-13-4-2-1-3-5-13/h1-5,8-11,20H,12H2,(H,21,22). The van der Waals surface area contributed by atoms with Crippen molar-refractivity contribution in [3.63, 3.8) is 0 Å². The summed E-state index contributed by atoms with van der Waals surface area (Å²) in [5.41, 5.74) is 3.24. The molecule has 0 fully saturated rings. The van der Waals surface area contributed by atoms with E-state index >= 15 is 0 Å². The smallest absolute Gasteiger partial charge is 0.189 e. The number of hydrogen-bond donors (Lipinski definition) is 2. The van der Waals surface area contributed by atoms with Gasteiger partial charge < -0.3 is 4.98 Å². The summed E-state index contributed by atoms with van der Waals surface area (Å²) < 4.78 is 0. The molecule has 0 saturated carbocycles. The van der Waals surface area contributed by atoms with E-state index in [0.29, 0.717) is 11.9 Å². The summed E-state index contributed by atoms with van der Waals surface area (Å²) in [4.78, 5) is 17.8. The zero-order chi connectivity index (χ0) is 15.4. The van der Waals surface area contributed by atoms with Crippen LogP contribution in [0.5, 0.6) is 0 Å². The number of benzene rings is 2. The minimum absolute atomic E-state index is 0.0426. The van der Waals surface area contributed by atoms with Crippen molar-refractivity contribution in [1.29, 1.82) is 0 Å². The number of aromatic amines is 1. The van der Waals surface area contributed by atoms with E-state index in [-0.39, 0.29) is 5.43 Å². The minimum atomic E-state index is -0.0426. The van der Waals surface area contributed by atoms with Crippen molar-refractivity contribution < 1.29 is 0 Å². The molecule has 0 atom stereocenters. The lowest BCUT2D eigenvalue weighted by molar-refractivity contribution is 0.919. The van der Waals surface area contributed by atoms with Crippen LogP contribution in [0.15, 0.2) is 59.4 Å². The Labute approximate surface area is 133 Å². The Balaban J connectivity index is 2.00. The van der Waals surface area contributed by atoms with Gasteiger partial charge >= 0.3 is 0 Å². The number of aromatic nitrogens is 1. The predicted octanol–water partition coefficient (Wildman–Crippen LogP) is 3.17. The van der Waals surface area contributed by atoms with E-state index in [4.69, 9.17) is 11.8 Å². The van der Waals surface area contributed by atoms with Crippen molar-refractivity contribution in [2.75, 3.05) is 0 Å². The third-order valence-corrected chi connectivity index (χ3v) is 3.40. The van der Waals surface area contributed by atoms with Crippen LogP contribution in [0.1, 0.15) is 16.8 Å². The van der Waals surface area contributed by atoms with E-state index < -0.39 is 0 Å². The molecule has 0 spiro atoms. The van der Waals surface area contributed by atoms with Gasteiger partial charge in [-0.1, -0.05) is 30.0 Å². The lowest BCUT2D eigenvalue weighted by Crippen LogP contribution is -2.09. The SMILES string of the molecule is O=c1cc(CNCl)[nH]c2ccc(C#Cc3ccccc3)cc12. The van der Waals surface area contributed by atoms with Gasteiger partial charge in [-0.3, -0.25) is 4.79 Å². The molecule has 0 bridgehead atoms. The minimum Gasteiger partial charge on any atom is -0.357 e. The van der Waals surface area contributed by atoms with Crippen LogP contribution >= 0.6 is 11.8 Å². The first-order chi connectivity index (χ1) is 10.8. The van der Waals surface area contributed by atoms with Crippen LogP contribution < -0.4 is 10.3 Å². The summed E-state index contributed by atoms with van der Waals surface area (Å²) in [7, 11) is 0. The van der Waals surface area contributed by atoms with Crippen molar-refractivity contribution in [2.24, 2.45) is 0 Å². The maximum atomic E-state index is 12.2. The van der Waals surface area contributed by atoms with E-state index in [1.54, 1.807) is 6.07 Å². The van der Waals surface area contributed by atoms with Crippen molar-refractivity contribution in [2.45, 2.75) is 6.54 Å². The molecule has 0 amide bonds. The highest BCUT2D eigenvalue weighted by atomic mass is 35.5. The maximum absolute atomic E-state index is 12.2. The van der Waals surface area contributed by atoms with Gasteiger partial charge in [0.05, 0.1) is 6.54 Å². The molecular weight excluding hydrogens is 296 g/mol. The second-order valence-corrected chi connectivity index (χ2v) is 5.11. The van der Waals surface area contributed by atoms with E-state index in [9.17, 15) is 4.79 Å². The van der Waals surface area contributed by atoms with Crippen molar-refractivity contribution >= 4 is 22.7 Å². The summed E-state index contributed by atoms with van der Waals surface area (Å²) in [5, 5.41) is 0.623. The molecule has 2 N–H and O–H groups in total. The molecule has 108 valence electrons. The Kier molecular flexibility index (Phi) is 4.24. The van der Waals surface area contributed by atoms with Crippen LogP contribution in [0.2, 0.25) is 0 Å². The van der Waals surface area contributed by atoms with Gasteiger partial charge in [0, 0.05) is 33.8 Å². The highest BCUT2D eigenvalue weighted by Crippen LogP contribution is 2.11. The van der Waals surface area contributed by atoms with Crippen LogP contribution in [0.4, 0.5) is 0 Å². The quantitative estimate of drug-likeness (QED) is 0.564. The van der Waals surface area contributed by atoms with E-state index in [2.05, 4.69) is 21.7 Å². The first-order valence-electron chi connectivity index (χ1n) is 6.83. The fraction of sp³-hybridized carbons (Fsp3) is 0.0556. The van der Waals surface area contributed by atoms with Gasteiger partial charge in [0.15, 0.2) is 5.43 Å². The number of H-pyrrole nitrogens is 1. The normalized spacial score (nSPS) is 10.2. The van der Waals surface area contributed by atoms with Gasteiger partial charge in [-0.25, -0.2) is 4.84 Å². The molecule has 22 heavy (non-hydrogen) atoms. The Morgan fingerprint density at radius 2 is 1.77 bits per heavy atom. The number of fused-ring (bicyclic) bond motifs is 1. The van der Waals surface area contributed by atoms with Gasteiger partial charge in [-0.15, -0.1) is 0 Å². The topological polar surface area (TPSA) is 44.9 Å². The summed E-state index contributed by atoms with van der Waals surface area (Å²) in [5.74, 6) is 6.17. The lowest BCUT2D eigenvalue weighted by atomic mass is 10.1. The van der Waals surface area contributed by atoms with E-state index in [0.717, 1.165) is 22.3 Å². The van der Waals surface area contributed by atoms with Crippen LogP contribution in [-0.2, 0) is 6.54 Å². The Morgan fingerprint density at radius 1 is 1.00 bits per heavy atom. The fourth-order valence-corrected chi connectivity index (χ4v) is 2.36. The molecule has 0 aliphatic carbocycles. The van der Waals surface area contributed by atoms with Gasteiger partial charge in [-0.2, -0.15) is 0 Å². The van der Waals surface area contributed by atoms with Crippen LogP contribution in [0.3, 0.4) is 0 Å². The molecule has 3 nitrogen and oxygen atoms in total. The predicted molar refractivity (Wildman–Crippen MR) is 89.7 cm³/mol. The average molecular weight is 309 g/mol. The maximum Gasteiger partial charge on any atom is 0.189 e. The molecule has 3 rings (SSSR count). The molecule has 0 radical (unpaired) electrons. The van der Waals surface area contributed by atoms with Gasteiger partial charge in [0.25, 0.3) is 0 Å². The van der Waals surface area contributed by atoms with E-state index in [1.165, 1.54) is 0 Å². The first kappa shape index (κ1) is 14.4. The Bertz CT molecular complexity index is 920. The van der Waals surface area contributed by atoms with Crippen LogP contribution in [0.25, 0.3) is 10.9 Å². The third kappa shape index (κ3) is 3.20. The molecule has 0 unspecified atom stereocenters. The van der Waals surface area contributed by atoms with Crippen molar-refractivity contribution in [3.8, 4) is 11.8 Å². The zero-order valence-electron chi connectivity index (χ0n) is 11.7. The van der Waals surface area contributed by atoms with Crippen LogP contribution in [0, 0.1) is 11.8 Å². The molecule has 2 aromatic carbocycles. The Morgan fingerprint density at radius 3 is 2.55 bits per heavy atom. The van der Waals surface area contributed by atoms with Gasteiger partial charge in [-0.05, 0) is 42.1 Å². The number of pyridine rings is 1. The molecule has 0 aliphatic heterocycles. The molecule has 4 heteroatoms. The lowest BCUT2D eigenvalue weighted by Gasteiger charge is -2.03. The van der Waals surface area contributed by atoms with Crippen molar-refractivity contribution in [1.82, 2.24) is 9.82 Å². The third-order valence-electron chi connectivity index (χ3n) is 3.27. The monoisotopic (exact) mass is 308 g/mol. The Hall–Kier alpha value is -2.54. The van der Waals surface area contributed by atoms with Gasteiger partial charge in [0.2, 0.25) is 0 Å². The van der Waals surface area contributed by atoms with Crippen molar-refractivity contribution in [3.05, 3.63) is 81.6 Å². The fourth-order valence-electron chi connectivity index (χ4n) is 2.21. The van der Waals surface area contributed by atoms with E-state index in [1.807, 2.05) is 48.5 Å².